The molecule has 44 heavy (non-hydrogen) atoms. The first-order chi connectivity index (χ1) is 21.5. The van der Waals surface area contributed by atoms with Gasteiger partial charge in [-0.2, -0.15) is 0 Å². The molecule has 1 amide bonds. The zero-order valence-corrected chi connectivity index (χ0v) is 24.0. The highest BCUT2D eigenvalue weighted by atomic mass is 16.1. The fourth-order valence-electron chi connectivity index (χ4n) is 6.35. The monoisotopic (exact) mass is 574 g/mol. The quantitative estimate of drug-likeness (QED) is 0.198. The number of rotatable bonds is 5. The molecule has 2 aromatic heterocycles. The van der Waals surface area contributed by atoms with Crippen molar-refractivity contribution in [3.63, 3.8) is 0 Å². The molecule has 8 rings (SSSR count). The largest absolute Gasteiger partial charge is 0.366 e. The van der Waals surface area contributed by atoms with E-state index in [2.05, 4.69) is 76.6 Å². The first-order valence-corrected chi connectivity index (χ1v) is 14.8. The first-order valence-electron chi connectivity index (χ1n) is 14.8. The summed E-state index contributed by atoms with van der Waals surface area (Å²) in [6.07, 6.45) is 5.00. The Morgan fingerprint density at radius 3 is 2.11 bits per heavy atom. The smallest absolute Gasteiger partial charge is 0.248 e. The van der Waals surface area contributed by atoms with E-state index in [9.17, 15) is 4.79 Å². The third kappa shape index (κ3) is 4.20. The predicted molar refractivity (Wildman–Crippen MR) is 175 cm³/mol. The molecule has 0 unspecified atom stereocenters. The molecule has 0 bridgehead atoms. The van der Waals surface area contributed by atoms with Gasteiger partial charge in [0.2, 0.25) is 5.91 Å². The molecule has 1 aliphatic carbocycles. The topological polar surface area (TPSA) is 112 Å². The van der Waals surface area contributed by atoms with E-state index in [0.29, 0.717) is 5.56 Å². The van der Waals surface area contributed by atoms with Crippen LogP contribution in [0.1, 0.15) is 35.2 Å². The predicted octanol–water partition coefficient (Wildman–Crippen LogP) is 7.43. The van der Waals surface area contributed by atoms with E-state index < -0.39 is 5.91 Å². The maximum Gasteiger partial charge on any atom is 0.248 e. The molecule has 5 N–H and O–H groups in total. The van der Waals surface area contributed by atoms with Gasteiger partial charge in [0.15, 0.2) is 5.82 Å². The Hall–Kier alpha value is -5.53. The number of hydrogen-bond donors (Lipinski definition) is 3. The Labute approximate surface area is 255 Å². The van der Waals surface area contributed by atoms with Gasteiger partial charge >= 0.3 is 0 Å². The minimum atomic E-state index is -0.435. The van der Waals surface area contributed by atoms with Crippen molar-refractivity contribution in [1.29, 1.82) is 0 Å². The number of carbonyl (C=O) groups is 1. The van der Waals surface area contributed by atoms with Gasteiger partial charge in [-0.3, -0.25) is 9.36 Å². The summed E-state index contributed by atoms with van der Waals surface area (Å²) in [5.41, 5.74) is 22.4. The van der Waals surface area contributed by atoms with Crippen LogP contribution in [0.25, 0.3) is 50.7 Å². The van der Waals surface area contributed by atoms with Crippen LogP contribution in [0, 0.1) is 0 Å². The number of nitrogens with zero attached hydrogens (tertiary/aromatic N) is 3. The number of anilines is 2. The van der Waals surface area contributed by atoms with E-state index >= 15 is 0 Å². The van der Waals surface area contributed by atoms with Crippen LogP contribution in [-0.4, -0.2) is 20.4 Å². The number of benzene rings is 4. The summed E-state index contributed by atoms with van der Waals surface area (Å²) in [5, 5.41) is 3.54. The van der Waals surface area contributed by atoms with E-state index in [4.69, 9.17) is 21.4 Å². The summed E-state index contributed by atoms with van der Waals surface area (Å²) in [4.78, 5) is 21.6. The van der Waals surface area contributed by atoms with Gasteiger partial charge in [-0.1, -0.05) is 72.8 Å². The normalized spacial score (nSPS) is 14.3. The van der Waals surface area contributed by atoms with Crippen molar-refractivity contribution in [2.45, 2.75) is 24.8 Å². The molecule has 4 aromatic carbocycles. The maximum absolute atomic E-state index is 11.5. The molecule has 1 fully saturated rings. The standard InChI is InChI=1S/C37H30N6O/c38-34(44)27-14-10-24(11-15-27)23-8-12-25(13-9-23)32-33(26-16-18-28(19-17-26)37(39)20-4-21-37)43-31-7-3-22-40-35(31)41-30-6-2-1-5-29(30)36(43)42-32/h1-3,5-19,22H,4,20-21,39H2,(H2,38,44)(H,40,41). The van der Waals surface area contributed by atoms with Crippen LogP contribution < -0.4 is 16.8 Å². The van der Waals surface area contributed by atoms with Crippen molar-refractivity contribution >= 4 is 17.4 Å². The van der Waals surface area contributed by atoms with E-state index in [1.54, 1.807) is 18.3 Å². The molecule has 1 saturated carbocycles. The van der Waals surface area contributed by atoms with Crippen molar-refractivity contribution in [2.24, 2.45) is 11.5 Å². The third-order valence-electron chi connectivity index (χ3n) is 8.97. The number of amides is 1. The number of pyridine rings is 1. The maximum atomic E-state index is 11.5. The summed E-state index contributed by atoms with van der Waals surface area (Å²) < 4.78 is 2.23. The lowest BCUT2D eigenvalue weighted by Crippen LogP contribution is -2.43. The number of hydrogen-bond acceptors (Lipinski definition) is 5. The second kappa shape index (κ2) is 10.0. The molecule has 214 valence electrons. The number of nitrogens with one attached hydrogen (secondary N) is 1. The fourth-order valence-corrected chi connectivity index (χ4v) is 6.35. The number of primary amides is 1. The number of para-hydroxylation sites is 1. The lowest BCUT2D eigenvalue weighted by Gasteiger charge is -2.38. The van der Waals surface area contributed by atoms with Crippen LogP contribution in [0.15, 0.2) is 115 Å². The van der Waals surface area contributed by atoms with E-state index in [-0.39, 0.29) is 5.54 Å². The van der Waals surface area contributed by atoms with E-state index in [1.807, 2.05) is 30.3 Å². The average Bonchev–Trinajstić information content (AvgIpc) is 3.38. The minimum Gasteiger partial charge on any atom is -0.366 e. The Bertz CT molecular complexity index is 2040. The molecule has 7 heteroatoms. The lowest BCUT2D eigenvalue weighted by molar-refractivity contribution is 0.100. The van der Waals surface area contributed by atoms with Gasteiger partial charge in [0.25, 0.3) is 0 Å². The summed E-state index contributed by atoms with van der Waals surface area (Å²) in [5.74, 6) is 1.18. The van der Waals surface area contributed by atoms with Crippen molar-refractivity contribution in [1.82, 2.24) is 14.5 Å². The van der Waals surface area contributed by atoms with Crippen molar-refractivity contribution < 1.29 is 4.79 Å². The van der Waals surface area contributed by atoms with Gasteiger partial charge in [0.1, 0.15) is 5.82 Å². The lowest BCUT2D eigenvalue weighted by atomic mass is 9.72. The van der Waals surface area contributed by atoms with E-state index in [0.717, 1.165) is 75.1 Å². The molecule has 1 aliphatic heterocycles. The average molecular weight is 575 g/mol. The highest BCUT2D eigenvalue weighted by Gasteiger charge is 2.34. The van der Waals surface area contributed by atoms with Crippen LogP contribution in [0.5, 0.6) is 0 Å². The molecule has 0 radical (unpaired) electrons. The Balaban J connectivity index is 1.32. The summed E-state index contributed by atoms with van der Waals surface area (Å²) in [6, 6.07) is 36.7. The molecule has 6 aromatic rings. The highest BCUT2D eigenvalue weighted by molar-refractivity contribution is 5.93. The minimum absolute atomic E-state index is 0.236. The van der Waals surface area contributed by atoms with Crippen LogP contribution in [0.2, 0.25) is 0 Å². The van der Waals surface area contributed by atoms with Crippen LogP contribution in [0.3, 0.4) is 0 Å². The summed E-state index contributed by atoms with van der Waals surface area (Å²) in [7, 11) is 0. The number of nitrogens with two attached hydrogens (primary N) is 2. The highest BCUT2D eigenvalue weighted by Crippen LogP contribution is 2.45. The molecule has 0 saturated heterocycles. The Morgan fingerprint density at radius 1 is 0.773 bits per heavy atom. The first kappa shape index (κ1) is 26.1. The molecule has 0 atom stereocenters. The molecule has 3 heterocycles. The summed E-state index contributed by atoms with van der Waals surface area (Å²) in [6.45, 7) is 0. The number of aromatic nitrogens is 3. The van der Waals surface area contributed by atoms with Crippen LogP contribution >= 0.6 is 0 Å². The fraction of sp³-hybridized carbons (Fsp3) is 0.108. The van der Waals surface area contributed by atoms with Gasteiger partial charge in [0.05, 0.1) is 22.8 Å². The SMILES string of the molecule is NC(=O)c1ccc(-c2ccc(-c3nc4n(c3-c3ccc(C5(N)CCC5)cc3)-c3cccnc3Nc3ccccc3-4)cc2)cc1. The third-order valence-corrected chi connectivity index (χ3v) is 8.97. The van der Waals surface area contributed by atoms with Crippen molar-refractivity contribution in [2.75, 3.05) is 5.32 Å². The second-order valence-corrected chi connectivity index (χ2v) is 11.6. The summed E-state index contributed by atoms with van der Waals surface area (Å²) >= 11 is 0. The van der Waals surface area contributed by atoms with Gasteiger partial charge in [0, 0.05) is 34.0 Å². The molecule has 0 spiro atoms. The van der Waals surface area contributed by atoms with E-state index in [1.165, 1.54) is 12.0 Å². The second-order valence-electron chi connectivity index (χ2n) is 11.6. The number of imidazole rings is 1. The van der Waals surface area contributed by atoms with Crippen molar-refractivity contribution in [3.8, 4) is 50.7 Å². The Kier molecular flexibility index (Phi) is 5.96. The van der Waals surface area contributed by atoms with Gasteiger partial charge in [-0.25, -0.2) is 9.97 Å². The zero-order valence-electron chi connectivity index (χ0n) is 24.0. The number of fused-ring (bicyclic) bond motifs is 5. The number of carbonyl (C=O) groups excluding carboxylic acids is 1. The van der Waals surface area contributed by atoms with Crippen LogP contribution in [-0.2, 0) is 5.54 Å². The Morgan fingerprint density at radius 2 is 1.43 bits per heavy atom. The zero-order chi connectivity index (χ0) is 29.8. The molecule has 2 aliphatic rings. The van der Waals surface area contributed by atoms with Gasteiger partial charge < -0.3 is 16.8 Å². The van der Waals surface area contributed by atoms with Gasteiger partial charge in [-0.15, -0.1) is 0 Å². The molecule has 7 nitrogen and oxygen atoms in total. The van der Waals surface area contributed by atoms with Gasteiger partial charge in [-0.05, 0) is 72.4 Å². The molecular weight excluding hydrogens is 544 g/mol. The van der Waals surface area contributed by atoms with Crippen LogP contribution in [0.4, 0.5) is 11.5 Å². The van der Waals surface area contributed by atoms with Crippen molar-refractivity contribution in [3.05, 3.63) is 127 Å². The molecular formula is C37H30N6O.